The average molecular weight is 501 g/mol. The third-order valence-corrected chi connectivity index (χ3v) is 7.45. The van der Waals surface area contributed by atoms with Crippen molar-refractivity contribution in [2.75, 3.05) is 42.1 Å². The van der Waals surface area contributed by atoms with E-state index in [0.29, 0.717) is 5.75 Å². The topological polar surface area (TPSA) is 72.3 Å². The molecule has 1 saturated heterocycles. The number of carbonyl (C=O) groups excluding carboxylic acids is 2. The van der Waals surface area contributed by atoms with Crippen LogP contribution in [-0.2, 0) is 16.1 Å². The molecule has 1 aliphatic heterocycles. The number of imidazole rings is 1. The summed E-state index contributed by atoms with van der Waals surface area (Å²) >= 11 is 1.50. The van der Waals surface area contributed by atoms with E-state index in [1.54, 1.807) is 6.92 Å². The van der Waals surface area contributed by atoms with Gasteiger partial charge in [0.1, 0.15) is 6.54 Å². The van der Waals surface area contributed by atoms with Crippen molar-refractivity contribution in [3.63, 3.8) is 0 Å². The molecule has 0 aliphatic carbocycles. The van der Waals surface area contributed by atoms with Crippen molar-refractivity contribution < 1.29 is 14.2 Å². The van der Waals surface area contributed by atoms with Crippen LogP contribution in [0.25, 0.3) is 11.0 Å². The van der Waals surface area contributed by atoms with Gasteiger partial charge in [-0.3, -0.25) is 9.59 Å². The lowest BCUT2D eigenvalue weighted by Crippen LogP contribution is -2.48. The number of nitrogens with zero attached hydrogens (tertiary/aromatic N) is 3. The molecule has 0 unspecified atom stereocenters. The van der Waals surface area contributed by atoms with Gasteiger partial charge in [0.2, 0.25) is 11.8 Å². The number of anilines is 2. The molecule has 1 aliphatic rings. The van der Waals surface area contributed by atoms with Crippen molar-refractivity contribution in [1.82, 2.24) is 9.88 Å². The molecule has 1 fully saturated rings. The fourth-order valence-electron chi connectivity index (χ4n) is 4.51. The van der Waals surface area contributed by atoms with Crippen LogP contribution in [0.3, 0.4) is 0 Å². The van der Waals surface area contributed by atoms with Crippen molar-refractivity contribution in [1.29, 1.82) is 0 Å². The fourth-order valence-corrected chi connectivity index (χ4v) is 5.35. The van der Waals surface area contributed by atoms with Crippen molar-refractivity contribution in [2.45, 2.75) is 18.6 Å². The van der Waals surface area contributed by atoms with E-state index in [1.165, 1.54) is 17.3 Å². The third kappa shape index (κ3) is 5.54. The van der Waals surface area contributed by atoms with Gasteiger partial charge in [0, 0.05) is 44.5 Å². The lowest BCUT2D eigenvalue weighted by Gasteiger charge is -2.35. The highest BCUT2D eigenvalue weighted by Crippen LogP contribution is 2.22. The number of hydrogen-bond donors (Lipinski definition) is 2. The predicted octanol–water partition coefficient (Wildman–Crippen LogP) is 3.90. The summed E-state index contributed by atoms with van der Waals surface area (Å²) in [7, 11) is 0. The maximum atomic E-state index is 12.8. The first-order chi connectivity index (χ1) is 17.6. The highest BCUT2D eigenvalue weighted by atomic mass is 32.2. The van der Waals surface area contributed by atoms with E-state index in [-0.39, 0.29) is 11.8 Å². The number of nitrogens with one attached hydrogen (secondary N) is 2. The first-order valence-electron chi connectivity index (χ1n) is 12.1. The van der Waals surface area contributed by atoms with Crippen LogP contribution in [0.2, 0.25) is 0 Å². The molecule has 7 nitrogen and oxygen atoms in total. The van der Waals surface area contributed by atoms with Crippen molar-refractivity contribution >= 4 is 46.0 Å². The minimum absolute atomic E-state index is 0.0484. The number of aromatic amines is 1. The Morgan fingerprint density at radius 3 is 2.33 bits per heavy atom. The van der Waals surface area contributed by atoms with E-state index in [2.05, 4.69) is 44.0 Å². The second-order valence-electron chi connectivity index (χ2n) is 8.90. The molecule has 4 aromatic rings. The molecule has 8 heteroatoms. The van der Waals surface area contributed by atoms with Gasteiger partial charge in [-0.25, -0.2) is 9.55 Å². The lowest BCUT2D eigenvalue weighted by atomic mass is 10.2. The maximum Gasteiger partial charge on any atom is 0.317 e. The van der Waals surface area contributed by atoms with E-state index in [1.807, 2.05) is 59.5 Å². The number of rotatable bonds is 7. The zero-order chi connectivity index (χ0) is 24.9. The molecule has 0 bridgehead atoms. The number of piperazine rings is 1. The Balaban J connectivity index is 1.20. The number of aromatic nitrogens is 2. The van der Waals surface area contributed by atoms with Crippen LogP contribution in [0.15, 0.2) is 84.0 Å². The second kappa shape index (κ2) is 10.9. The van der Waals surface area contributed by atoms with Crippen LogP contribution in [-0.4, -0.2) is 53.6 Å². The Morgan fingerprint density at radius 1 is 0.917 bits per heavy atom. The van der Waals surface area contributed by atoms with Gasteiger partial charge in [0.05, 0.1) is 5.75 Å². The summed E-state index contributed by atoms with van der Waals surface area (Å²) in [5.41, 5.74) is 5.26. The number of amides is 2. The summed E-state index contributed by atoms with van der Waals surface area (Å²) in [4.78, 5) is 31.9. The summed E-state index contributed by atoms with van der Waals surface area (Å²) in [6, 6.07) is 26.5. The van der Waals surface area contributed by atoms with Crippen molar-refractivity contribution in [3.05, 3.63) is 84.4 Å². The van der Waals surface area contributed by atoms with Crippen molar-refractivity contribution in [3.8, 4) is 0 Å². The van der Waals surface area contributed by atoms with Gasteiger partial charge in [0.15, 0.2) is 11.0 Å². The van der Waals surface area contributed by atoms with E-state index in [0.717, 1.165) is 60.3 Å². The standard InChI is InChI=1S/C28H29N5O2S/c1-21(34)31-15-17-32(18-16-31)24-13-11-23(12-14-24)29-27(35)20-36-28-30-25-9-5-6-10-26(25)33(28)19-22-7-3-2-4-8-22/h2-14H,15-20H2,1H3,(H,29,35)/p+1. The maximum absolute atomic E-state index is 12.8. The van der Waals surface area contributed by atoms with Crippen LogP contribution >= 0.6 is 11.8 Å². The summed E-state index contributed by atoms with van der Waals surface area (Å²) in [5, 5.41) is 3.97. The van der Waals surface area contributed by atoms with E-state index in [4.69, 9.17) is 0 Å². The van der Waals surface area contributed by atoms with Gasteiger partial charge < -0.3 is 15.1 Å². The largest absolute Gasteiger partial charge is 0.368 e. The molecule has 0 atom stereocenters. The molecule has 2 amide bonds. The minimum atomic E-state index is -0.0484. The van der Waals surface area contributed by atoms with Crippen LogP contribution in [0.1, 0.15) is 12.5 Å². The summed E-state index contributed by atoms with van der Waals surface area (Å²) in [5.74, 6) is 0.382. The van der Waals surface area contributed by atoms with Gasteiger partial charge in [-0.2, -0.15) is 0 Å². The first-order valence-corrected chi connectivity index (χ1v) is 13.1. The highest BCUT2D eigenvalue weighted by molar-refractivity contribution is 7.99. The molecule has 5 rings (SSSR count). The van der Waals surface area contributed by atoms with Gasteiger partial charge in [0.25, 0.3) is 0 Å². The first kappa shape index (κ1) is 23.9. The van der Waals surface area contributed by atoms with Gasteiger partial charge >= 0.3 is 5.16 Å². The molecule has 3 aromatic carbocycles. The average Bonchev–Trinajstić information content (AvgIpc) is 3.26. The Hall–Kier alpha value is -3.78. The summed E-state index contributed by atoms with van der Waals surface area (Å²) in [6.07, 6.45) is 0. The van der Waals surface area contributed by atoms with E-state index >= 15 is 0 Å². The molecular weight excluding hydrogens is 470 g/mol. The molecular formula is C28H30N5O2S+. The zero-order valence-electron chi connectivity index (χ0n) is 20.3. The number of hydrogen-bond acceptors (Lipinski definition) is 4. The predicted molar refractivity (Wildman–Crippen MR) is 144 cm³/mol. The van der Waals surface area contributed by atoms with E-state index in [9.17, 15) is 9.59 Å². The normalized spacial score (nSPS) is 13.7. The Morgan fingerprint density at radius 2 is 1.61 bits per heavy atom. The summed E-state index contributed by atoms with van der Waals surface area (Å²) < 4.78 is 2.23. The molecule has 36 heavy (non-hydrogen) atoms. The number of H-pyrrole nitrogens is 1. The second-order valence-corrected chi connectivity index (χ2v) is 9.86. The van der Waals surface area contributed by atoms with Crippen LogP contribution < -0.4 is 14.8 Å². The number of fused-ring (bicyclic) bond motifs is 1. The Bertz CT molecular complexity index is 1350. The number of thioether (sulfide) groups is 1. The number of carbonyl (C=O) groups is 2. The molecule has 1 aromatic heterocycles. The molecule has 0 radical (unpaired) electrons. The highest BCUT2D eigenvalue weighted by Gasteiger charge is 2.21. The third-order valence-electron chi connectivity index (χ3n) is 6.45. The fraction of sp³-hybridized carbons (Fsp3) is 0.250. The molecule has 2 heterocycles. The van der Waals surface area contributed by atoms with E-state index < -0.39 is 0 Å². The molecule has 0 saturated carbocycles. The Kier molecular flexibility index (Phi) is 7.23. The quantitative estimate of drug-likeness (QED) is 0.298. The summed E-state index contributed by atoms with van der Waals surface area (Å²) in [6.45, 7) is 5.46. The van der Waals surface area contributed by atoms with Crippen molar-refractivity contribution in [2.24, 2.45) is 0 Å². The van der Waals surface area contributed by atoms with Gasteiger partial charge in [-0.15, -0.1) is 0 Å². The number of benzene rings is 3. The SMILES string of the molecule is CC(=O)N1CCN(c2ccc(NC(=O)CSc3[nH]c4ccccc4[n+]3Cc3ccccc3)cc2)CC1. The van der Waals surface area contributed by atoms with Gasteiger partial charge in [-0.05, 0) is 53.7 Å². The van der Waals surface area contributed by atoms with Crippen LogP contribution in [0.4, 0.5) is 11.4 Å². The van der Waals surface area contributed by atoms with Gasteiger partial charge in [-0.1, -0.05) is 42.5 Å². The number of para-hydroxylation sites is 2. The molecule has 184 valence electrons. The molecule has 0 spiro atoms. The lowest BCUT2D eigenvalue weighted by molar-refractivity contribution is -0.700. The monoisotopic (exact) mass is 500 g/mol. The molecule has 2 N–H and O–H groups in total. The van der Waals surface area contributed by atoms with Crippen LogP contribution in [0.5, 0.6) is 0 Å². The zero-order valence-corrected chi connectivity index (χ0v) is 21.1. The van der Waals surface area contributed by atoms with Crippen LogP contribution in [0, 0.1) is 0 Å². The minimum Gasteiger partial charge on any atom is -0.368 e. The smallest absolute Gasteiger partial charge is 0.317 e. The Labute approximate surface area is 215 Å².